The second-order valence-electron chi connectivity index (χ2n) is 7.60. The maximum Gasteiger partial charge on any atom is 0.119 e. The van der Waals surface area contributed by atoms with E-state index in [4.69, 9.17) is 9.73 Å². The predicted octanol–water partition coefficient (Wildman–Crippen LogP) is 7.33. The van der Waals surface area contributed by atoms with Crippen LogP contribution in [0.4, 0.5) is 5.69 Å². The van der Waals surface area contributed by atoms with Gasteiger partial charge in [0, 0.05) is 0 Å². The summed E-state index contributed by atoms with van der Waals surface area (Å²) < 4.78 is 5.24. The van der Waals surface area contributed by atoms with E-state index < -0.39 is 0 Å². The molecule has 0 radical (unpaired) electrons. The van der Waals surface area contributed by atoms with E-state index in [0.29, 0.717) is 0 Å². The molecule has 0 aliphatic carbocycles. The van der Waals surface area contributed by atoms with Crippen molar-refractivity contribution < 1.29 is 4.74 Å². The van der Waals surface area contributed by atoms with Crippen LogP contribution in [0.15, 0.2) is 125 Å². The zero-order valence-corrected chi connectivity index (χ0v) is 18.8. The summed E-state index contributed by atoms with van der Waals surface area (Å²) in [4.78, 5) is 9.78. The molecule has 4 aromatic carbocycles. The van der Waals surface area contributed by atoms with Gasteiger partial charge in [-0.15, -0.1) is 0 Å². The maximum atomic E-state index is 5.24. The lowest BCUT2D eigenvalue weighted by molar-refractivity contribution is 0.415. The van der Waals surface area contributed by atoms with Crippen LogP contribution in [-0.2, 0) is 0 Å². The molecular weight excluding hydrogens is 404 g/mol. The predicted molar refractivity (Wildman–Crippen MR) is 138 cm³/mol. The minimum atomic E-state index is -0.117. The third-order valence-corrected chi connectivity index (χ3v) is 5.35. The number of ether oxygens (including phenoxy) is 1. The Morgan fingerprint density at radius 2 is 1.21 bits per heavy atom. The van der Waals surface area contributed by atoms with Crippen molar-refractivity contribution in [2.75, 3.05) is 7.11 Å². The molecule has 162 valence electrons. The Labute approximate surface area is 195 Å². The fourth-order valence-corrected chi connectivity index (χ4v) is 3.61. The Morgan fingerprint density at radius 1 is 0.697 bits per heavy atom. The summed E-state index contributed by atoms with van der Waals surface area (Å²) in [5.41, 5.74) is 5.85. The second kappa shape index (κ2) is 10.9. The Morgan fingerprint density at radius 3 is 1.73 bits per heavy atom. The highest BCUT2D eigenvalue weighted by atomic mass is 16.5. The van der Waals surface area contributed by atoms with Crippen molar-refractivity contribution in [2.24, 2.45) is 9.98 Å². The van der Waals surface area contributed by atoms with E-state index in [2.05, 4.69) is 71.5 Å². The largest absolute Gasteiger partial charge is 0.497 e. The highest BCUT2D eigenvalue weighted by Gasteiger charge is 2.15. The van der Waals surface area contributed by atoms with Gasteiger partial charge in [0.1, 0.15) is 11.8 Å². The van der Waals surface area contributed by atoms with E-state index in [1.165, 1.54) is 0 Å². The van der Waals surface area contributed by atoms with Crippen LogP contribution >= 0.6 is 0 Å². The first-order valence-corrected chi connectivity index (χ1v) is 10.9. The topological polar surface area (TPSA) is 34.0 Å². The molecule has 0 spiro atoms. The molecule has 0 saturated carbocycles. The van der Waals surface area contributed by atoms with Gasteiger partial charge in [-0.1, -0.05) is 91.0 Å². The van der Waals surface area contributed by atoms with E-state index in [1.807, 2.05) is 61.5 Å². The molecule has 0 atom stereocenters. The average molecular weight is 431 g/mol. The number of hydrogen-bond donors (Lipinski definition) is 0. The minimum Gasteiger partial charge on any atom is -0.497 e. The molecule has 4 aromatic rings. The lowest BCUT2D eigenvalue weighted by Crippen LogP contribution is -2.05. The van der Waals surface area contributed by atoms with E-state index in [1.54, 1.807) is 7.11 Å². The number of hydrogen-bond acceptors (Lipinski definition) is 3. The molecule has 3 nitrogen and oxygen atoms in total. The van der Waals surface area contributed by atoms with Gasteiger partial charge in [0.05, 0.1) is 24.1 Å². The fraction of sp³-hybridized carbons (Fsp3) is 0.100. The van der Waals surface area contributed by atoms with E-state index >= 15 is 0 Å². The van der Waals surface area contributed by atoms with Crippen molar-refractivity contribution in [3.8, 4) is 5.75 Å². The quantitative estimate of drug-likeness (QED) is 0.283. The number of aliphatic imine (C=N–C) groups is 2. The Bertz CT molecular complexity index is 1220. The number of methoxy groups -OCH3 is 1. The molecule has 0 aliphatic heterocycles. The molecule has 0 aromatic heterocycles. The first kappa shape index (κ1) is 22.0. The Balaban J connectivity index is 1.80. The van der Waals surface area contributed by atoms with Crippen molar-refractivity contribution in [3.05, 3.63) is 132 Å². The standard InChI is InChI=1S/C30H26N2O/c1-23(32-30(25-14-8-4-9-15-25)26-16-10-5-11-17-26)29(24-12-6-3-7-13-24)22-31-27-18-20-28(33-2)21-19-27/h3-21,30H,1-2H3. The zero-order valence-electron chi connectivity index (χ0n) is 18.8. The van der Waals surface area contributed by atoms with E-state index in [0.717, 1.165) is 39.4 Å². The molecule has 0 heterocycles. The summed E-state index contributed by atoms with van der Waals surface area (Å²) in [5.74, 6) is 4.07. The van der Waals surface area contributed by atoms with Gasteiger partial charge >= 0.3 is 0 Å². The Hall–Kier alpha value is -4.20. The van der Waals surface area contributed by atoms with Crippen LogP contribution in [0.2, 0.25) is 0 Å². The minimum absolute atomic E-state index is 0.117. The van der Waals surface area contributed by atoms with Crippen LogP contribution < -0.4 is 4.74 Å². The number of benzene rings is 4. The summed E-state index contributed by atoms with van der Waals surface area (Å²) in [7, 11) is 1.65. The highest BCUT2D eigenvalue weighted by Crippen LogP contribution is 2.28. The molecule has 3 heteroatoms. The van der Waals surface area contributed by atoms with Crippen molar-refractivity contribution in [3.63, 3.8) is 0 Å². The van der Waals surface area contributed by atoms with Gasteiger partial charge in [0.2, 0.25) is 0 Å². The van der Waals surface area contributed by atoms with Crippen molar-refractivity contribution in [2.45, 2.75) is 13.0 Å². The van der Waals surface area contributed by atoms with Gasteiger partial charge in [-0.2, -0.15) is 0 Å². The third kappa shape index (κ3) is 5.74. The van der Waals surface area contributed by atoms with Crippen LogP contribution in [0.3, 0.4) is 0 Å². The van der Waals surface area contributed by atoms with Crippen LogP contribution in [0.25, 0.3) is 5.57 Å². The average Bonchev–Trinajstić information content (AvgIpc) is 2.89. The molecule has 4 rings (SSSR count). The fourth-order valence-electron chi connectivity index (χ4n) is 3.61. The van der Waals surface area contributed by atoms with Gasteiger partial charge in [-0.05, 0) is 53.7 Å². The second-order valence-corrected chi connectivity index (χ2v) is 7.60. The molecule has 0 N–H and O–H groups in total. The third-order valence-electron chi connectivity index (χ3n) is 5.35. The maximum absolute atomic E-state index is 5.24. The van der Waals surface area contributed by atoms with Gasteiger partial charge in [0.25, 0.3) is 0 Å². The molecule has 0 saturated heterocycles. The number of allylic oxidation sites excluding steroid dienone is 1. The van der Waals surface area contributed by atoms with Crippen LogP contribution in [-0.4, -0.2) is 18.7 Å². The van der Waals surface area contributed by atoms with Crippen molar-refractivity contribution in [1.82, 2.24) is 0 Å². The van der Waals surface area contributed by atoms with Crippen LogP contribution in [0.5, 0.6) is 5.75 Å². The molecule has 0 amide bonds. The molecule has 0 unspecified atom stereocenters. The lowest BCUT2D eigenvalue weighted by atomic mass is 9.98. The summed E-state index contributed by atoms with van der Waals surface area (Å²) in [6, 6.07) is 38.4. The zero-order chi connectivity index (χ0) is 22.9. The summed E-state index contributed by atoms with van der Waals surface area (Å²) in [6.45, 7) is 2.03. The number of rotatable bonds is 7. The van der Waals surface area contributed by atoms with Gasteiger partial charge < -0.3 is 4.74 Å². The van der Waals surface area contributed by atoms with Crippen molar-refractivity contribution >= 4 is 22.8 Å². The number of nitrogens with zero attached hydrogens (tertiary/aromatic N) is 2. The van der Waals surface area contributed by atoms with Gasteiger partial charge in [-0.25, -0.2) is 4.99 Å². The van der Waals surface area contributed by atoms with E-state index in [-0.39, 0.29) is 6.04 Å². The normalized spacial score (nSPS) is 11.1. The first-order valence-electron chi connectivity index (χ1n) is 10.9. The smallest absolute Gasteiger partial charge is 0.119 e. The molecule has 0 aliphatic rings. The van der Waals surface area contributed by atoms with Crippen LogP contribution in [0.1, 0.15) is 29.7 Å². The Kier molecular flexibility index (Phi) is 7.27. The van der Waals surface area contributed by atoms with Gasteiger partial charge in [-0.3, -0.25) is 4.99 Å². The molecule has 0 fully saturated rings. The van der Waals surface area contributed by atoms with E-state index in [9.17, 15) is 0 Å². The van der Waals surface area contributed by atoms with Crippen molar-refractivity contribution in [1.29, 1.82) is 0 Å². The molecular formula is C30H26N2O. The summed E-state index contributed by atoms with van der Waals surface area (Å²) in [5, 5.41) is 0. The summed E-state index contributed by atoms with van der Waals surface area (Å²) >= 11 is 0. The molecule has 33 heavy (non-hydrogen) atoms. The van der Waals surface area contributed by atoms with Gasteiger partial charge in [0.15, 0.2) is 0 Å². The molecule has 0 bridgehead atoms. The lowest BCUT2D eigenvalue weighted by Gasteiger charge is -2.16. The first-order chi connectivity index (χ1) is 16.2. The van der Waals surface area contributed by atoms with Crippen LogP contribution in [0, 0.1) is 0 Å². The SMILES string of the molecule is COc1ccc(N=C=C(C(C)=NC(c2ccccc2)c2ccccc2)c2ccccc2)cc1. The summed E-state index contributed by atoms with van der Waals surface area (Å²) in [6.07, 6.45) is 0. The highest BCUT2D eigenvalue weighted by molar-refractivity contribution is 6.31. The monoisotopic (exact) mass is 430 g/mol.